The molecule has 0 radical (unpaired) electrons. The standard InChI is InChI=1S/C24H23FN4/c1-16-4-9-22(20-13-27-29(15-20)14-17-5-8-21(25)11-17)24(28-16)19-7-6-18-3-2-10-26-23(18)12-19/h2-4,6-7,9-10,12-13,15,17,21H,5,8,11,14H2,1H3/t17-,21+/m1/s1. The summed E-state index contributed by atoms with van der Waals surface area (Å²) in [5.41, 5.74) is 5.98. The van der Waals surface area contributed by atoms with Crippen molar-refractivity contribution < 1.29 is 4.39 Å². The number of aryl methyl sites for hydroxylation is 1. The summed E-state index contributed by atoms with van der Waals surface area (Å²) in [5, 5.41) is 5.65. The number of alkyl halides is 1. The van der Waals surface area contributed by atoms with Crippen LogP contribution in [0.1, 0.15) is 25.0 Å². The van der Waals surface area contributed by atoms with Gasteiger partial charge in [0.2, 0.25) is 0 Å². The van der Waals surface area contributed by atoms with E-state index < -0.39 is 6.17 Å². The zero-order chi connectivity index (χ0) is 19.8. The van der Waals surface area contributed by atoms with Crippen molar-refractivity contribution in [2.75, 3.05) is 0 Å². The molecule has 1 fully saturated rings. The van der Waals surface area contributed by atoms with Gasteiger partial charge in [-0.1, -0.05) is 24.3 Å². The molecule has 0 aliphatic heterocycles. The molecule has 1 aliphatic rings. The number of hydrogen-bond donors (Lipinski definition) is 0. The molecule has 0 bridgehead atoms. The van der Waals surface area contributed by atoms with Crippen LogP contribution < -0.4 is 0 Å². The van der Waals surface area contributed by atoms with Crippen molar-refractivity contribution in [3.8, 4) is 22.4 Å². The van der Waals surface area contributed by atoms with Crippen LogP contribution in [-0.4, -0.2) is 25.9 Å². The molecule has 29 heavy (non-hydrogen) atoms. The molecule has 0 saturated heterocycles. The minimum Gasteiger partial charge on any atom is -0.272 e. The maximum Gasteiger partial charge on any atom is 0.100 e. The number of nitrogens with zero attached hydrogens (tertiary/aromatic N) is 4. The van der Waals surface area contributed by atoms with Gasteiger partial charge in [0, 0.05) is 46.7 Å². The smallest absolute Gasteiger partial charge is 0.100 e. The normalized spacial score (nSPS) is 19.1. The van der Waals surface area contributed by atoms with E-state index in [1.165, 1.54) is 0 Å². The van der Waals surface area contributed by atoms with Gasteiger partial charge >= 0.3 is 0 Å². The third kappa shape index (κ3) is 3.65. The zero-order valence-corrected chi connectivity index (χ0v) is 16.4. The van der Waals surface area contributed by atoms with Crippen LogP contribution in [0, 0.1) is 12.8 Å². The summed E-state index contributed by atoms with van der Waals surface area (Å²) in [6.45, 7) is 2.78. The first-order valence-electron chi connectivity index (χ1n) is 10.2. The molecule has 4 aromatic rings. The number of pyridine rings is 2. The van der Waals surface area contributed by atoms with Crippen molar-refractivity contribution >= 4 is 10.9 Å². The average molecular weight is 386 g/mol. The van der Waals surface area contributed by atoms with E-state index in [4.69, 9.17) is 4.98 Å². The van der Waals surface area contributed by atoms with E-state index >= 15 is 0 Å². The Morgan fingerprint density at radius 3 is 2.90 bits per heavy atom. The van der Waals surface area contributed by atoms with Crippen LogP contribution in [0.25, 0.3) is 33.3 Å². The van der Waals surface area contributed by atoms with Gasteiger partial charge in [0.05, 0.1) is 17.4 Å². The highest BCUT2D eigenvalue weighted by molar-refractivity contribution is 5.87. The Morgan fingerprint density at radius 1 is 1.10 bits per heavy atom. The van der Waals surface area contributed by atoms with E-state index in [1.807, 2.05) is 36.1 Å². The van der Waals surface area contributed by atoms with Crippen LogP contribution in [0.4, 0.5) is 4.39 Å². The van der Waals surface area contributed by atoms with Crippen molar-refractivity contribution in [2.45, 2.75) is 38.9 Å². The molecule has 3 aromatic heterocycles. The first-order chi connectivity index (χ1) is 14.2. The van der Waals surface area contributed by atoms with Gasteiger partial charge in [-0.25, -0.2) is 4.39 Å². The molecule has 0 unspecified atom stereocenters. The van der Waals surface area contributed by atoms with Gasteiger partial charge in [-0.05, 0) is 50.3 Å². The molecular weight excluding hydrogens is 363 g/mol. The fourth-order valence-corrected chi connectivity index (χ4v) is 4.27. The molecule has 0 N–H and O–H groups in total. The van der Waals surface area contributed by atoms with Gasteiger partial charge in [-0.3, -0.25) is 14.6 Å². The van der Waals surface area contributed by atoms with E-state index in [2.05, 4.69) is 46.6 Å². The Labute approximate surface area is 169 Å². The zero-order valence-electron chi connectivity index (χ0n) is 16.4. The van der Waals surface area contributed by atoms with Crippen LogP contribution in [0.2, 0.25) is 0 Å². The molecule has 1 aliphatic carbocycles. The van der Waals surface area contributed by atoms with Crippen molar-refractivity contribution in [2.24, 2.45) is 5.92 Å². The number of halogens is 1. The number of benzene rings is 1. The predicted molar refractivity (Wildman–Crippen MR) is 113 cm³/mol. The fourth-order valence-electron chi connectivity index (χ4n) is 4.27. The Kier molecular flexibility index (Phi) is 4.58. The molecule has 5 heteroatoms. The van der Waals surface area contributed by atoms with Crippen molar-refractivity contribution in [3.05, 3.63) is 66.7 Å². The molecule has 2 atom stereocenters. The van der Waals surface area contributed by atoms with Gasteiger partial charge in [0.15, 0.2) is 0 Å². The molecular formula is C24H23FN4. The maximum absolute atomic E-state index is 13.5. The van der Waals surface area contributed by atoms with Gasteiger partial charge in [-0.2, -0.15) is 5.10 Å². The van der Waals surface area contributed by atoms with E-state index in [9.17, 15) is 4.39 Å². The van der Waals surface area contributed by atoms with E-state index in [0.717, 1.165) is 51.9 Å². The Bertz CT molecular complexity index is 1170. The lowest BCUT2D eigenvalue weighted by molar-refractivity contribution is 0.320. The van der Waals surface area contributed by atoms with Crippen LogP contribution in [0.5, 0.6) is 0 Å². The topological polar surface area (TPSA) is 43.6 Å². The summed E-state index contributed by atoms with van der Waals surface area (Å²) in [4.78, 5) is 9.32. The minimum atomic E-state index is -0.649. The van der Waals surface area contributed by atoms with Crippen molar-refractivity contribution in [1.82, 2.24) is 19.7 Å². The first kappa shape index (κ1) is 18.0. The highest BCUT2D eigenvalue weighted by Crippen LogP contribution is 2.33. The monoisotopic (exact) mass is 386 g/mol. The molecule has 0 amide bonds. The number of fused-ring (bicyclic) bond motifs is 1. The summed E-state index contributed by atoms with van der Waals surface area (Å²) in [7, 11) is 0. The Morgan fingerprint density at radius 2 is 2.03 bits per heavy atom. The Balaban J connectivity index is 1.51. The lowest BCUT2D eigenvalue weighted by Crippen LogP contribution is -2.08. The lowest BCUT2D eigenvalue weighted by Gasteiger charge is -2.10. The highest BCUT2D eigenvalue weighted by Gasteiger charge is 2.24. The second-order valence-corrected chi connectivity index (χ2v) is 7.99. The summed E-state index contributed by atoms with van der Waals surface area (Å²) in [6, 6.07) is 14.4. The molecule has 3 heterocycles. The molecule has 1 saturated carbocycles. The average Bonchev–Trinajstić information content (AvgIpc) is 3.36. The summed E-state index contributed by atoms with van der Waals surface area (Å²) >= 11 is 0. The van der Waals surface area contributed by atoms with Crippen LogP contribution >= 0.6 is 0 Å². The van der Waals surface area contributed by atoms with E-state index in [1.54, 1.807) is 0 Å². The third-order valence-electron chi connectivity index (χ3n) is 5.78. The molecule has 146 valence electrons. The quantitative estimate of drug-likeness (QED) is 0.458. The minimum absolute atomic E-state index is 0.375. The van der Waals surface area contributed by atoms with Crippen LogP contribution in [0.3, 0.4) is 0 Å². The molecule has 1 aromatic carbocycles. The molecule has 5 rings (SSSR count). The van der Waals surface area contributed by atoms with E-state index in [-0.39, 0.29) is 0 Å². The first-order valence-corrected chi connectivity index (χ1v) is 10.2. The summed E-state index contributed by atoms with van der Waals surface area (Å²) in [6.07, 6.45) is 7.38. The molecule has 0 spiro atoms. The van der Waals surface area contributed by atoms with Crippen LogP contribution in [0.15, 0.2) is 61.1 Å². The van der Waals surface area contributed by atoms with Gasteiger partial charge in [0.1, 0.15) is 6.17 Å². The highest BCUT2D eigenvalue weighted by atomic mass is 19.1. The maximum atomic E-state index is 13.5. The second-order valence-electron chi connectivity index (χ2n) is 7.99. The Hall–Kier alpha value is -3.08. The van der Waals surface area contributed by atoms with Crippen LogP contribution in [-0.2, 0) is 6.54 Å². The van der Waals surface area contributed by atoms with Gasteiger partial charge in [-0.15, -0.1) is 0 Å². The largest absolute Gasteiger partial charge is 0.272 e. The number of aromatic nitrogens is 4. The summed E-state index contributed by atoms with van der Waals surface area (Å²) in [5.74, 6) is 0.375. The van der Waals surface area contributed by atoms with Gasteiger partial charge in [0.25, 0.3) is 0 Å². The molecule has 4 nitrogen and oxygen atoms in total. The van der Waals surface area contributed by atoms with Crippen molar-refractivity contribution in [3.63, 3.8) is 0 Å². The van der Waals surface area contributed by atoms with E-state index in [0.29, 0.717) is 18.8 Å². The fraction of sp³-hybridized carbons (Fsp3) is 0.292. The number of rotatable bonds is 4. The second kappa shape index (κ2) is 7.39. The van der Waals surface area contributed by atoms with Gasteiger partial charge < -0.3 is 0 Å². The lowest BCUT2D eigenvalue weighted by atomic mass is 10.00. The number of hydrogen-bond acceptors (Lipinski definition) is 3. The summed E-state index contributed by atoms with van der Waals surface area (Å²) < 4.78 is 15.4. The third-order valence-corrected chi connectivity index (χ3v) is 5.78. The predicted octanol–water partition coefficient (Wildman–Crippen LogP) is 5.61. The SMILES string of the molecule is Cc1ccc(-c2cnn(C[C@@H]3CC[C@H](F)C3)c2)c(-c2ccc3cccnc3c2)n1. The van der Waals surface area contributed by atoms with Crippen molar-refractivity contribution in [1.29, 1.82) is 0 Å².